The average Bonchev–Trinajstić information content (AvgIpc) is 3.10. The highest BCUT2D eigenvalue weighted by molar-refractivity contribution is 5.76. The average molecular weight is 682 g/mol. The first kappa shape index (κ1) is 46.8. The molecule has 0 aliphatic heterocycles. The third-order valence-corrected chi connectivity index (χ3v) is 8.92. The molecule has 0 saturated carbocycles. The molecular weight excluding hydrogens is 602 g/mol. The molecule has 0 heterocycles. The van der Waals surface area contributed by atoms with Gasteiger partial charge in [0.2, 0.25) is 5.91 Å². The highest BCUT2D eigenvalue weighted by Gasteiger charge is 2.17. The molecular formula is C45H79NO3. The van der Waals surface area contributed by atoms with Crippen molar-refractivity contribution in [3.63, 3.8) is 0 Å². The quantitative estimate of drug-likeness (QED) is 0.0455. The second-order valence-corrected chi connectivity index (χ2v) is 13.7. The topological polar surface area (TPSA) is 69.6 Å². The molecule has 0 aromatic heterocycles. The molecule has 282 valence electrons. The number of unbranched alkanes of at least 4 members (excludes halogenated alkanes) is 19. The van der Waals surface area contributed by atoms with E-state index in [9.17, 15) is 15.0 Å². The van der Waals surface area contributed by atoms with Crippen LogP contribution in [0.25, 0.3) is 0 Å². The van der Waals surface area contributed by atoms with Crippen LogP contribution in [-0.4, -0.2) is 34.9 Å². The number of aliphatic hydroxyl groups is 2. The summed E-state index contributed by atoms with van der Waals surface area (Å²) in [7, 11) is 0. The third kappa shape index (κ3) is 36.9. The van der Waals surface area contributed by atoms with Crippen LogP contribution in [-0.2, 0) is 4.79 Å². The van der Waals surface area contributed by atoms with Crippen LogP contribution in [0.4, 0.5) is 0 Å². The van der Waals surface area contributed by atoms with Gasteiger partial charge in [0.25, 0.3) is 0 Å². The SMILES string of the molecule is CC/C=C\C/C=C\C/C=C\C/C=C\CCCCCCC(=O)NC(CO)C(O)/C=C/CC/C=C/CCCCCCCCCCCCCCCC. The van der Waals surface area contributed by atoms with E-state index in [1.807, 2.05) is 6.08 Å². The van der Waals surface area contributed by atoms with Crippen LogP contribution in [0.1, 0.15) is 187 Å². The summed E-state index contributed by atoms with van der Waals surface area (Å²) in [6.45, 7) is 4.16. The van der Waals surface area contributed by atoms with E-state index < -0.39 is 12.1 Å². The Balaban J connectivity index is 3.70. The molecule has 0 aliphatic rings. The number of rotatable bonds is 36. The minimum absolute atomic E-state index is 0.100. The number of amides is 1. The van der Waals surface area contributed by atoms with Crippen molar-refractivity contribution in [1.82, 2.24) is 5.32 Å². The lowest BCUT2D eigenvalue weighted by atomic mass is 10.0. The van der Waals surface area contributed by atoms with Crippen molar-refractivity contribution in [1.29, 1.82) is 0 Å². The molecule has 0 bridgehead atoms. The molecule has 2 unspecified atom stereocenters. The Kier molecular flexibility index (Phi) is 38.5. The van der Waals surface area contributed by atoms with Crippen LogP contribution >= 0.6 is 0 Å². The summed E-state index contributed by atoms with van der Waals surface area (Å²) in [5, 5.41) is 22.9. The smallest absolute Gasteiger partial charge is 0.220 e. The van der Waals surface area contributed by atoms with E-state index in [2.05, 4.69) is 79.9 Å². The summed E-state index contributed by atoms with van der Waals surface area (Å²) in [6.07, 6.45) is 57.1. The number of hydrogen-bond donors (Lipinski definition) is 3. The number of aliphatic hydroxyl groups excluding tert-OH is 2. The fourth-order valence-corrected chi connectivity index (χ4v) is 5.77. The molecule has 0 aromatic carbocycles. The molecule has 0 saturated heterocycles. The lowest BCUT2D eigenvalue weighted by Gasteiger charge is -2.19. The zero-order valence-electron chi connectivity index (χ0n) is 32.2. The highest BCUT2D eigenvalue weighted by atomic mass is 16.3. The fraction of sp³-hybridized carbons (Fsp3) is 0.711. The van der Waals surface area contributed by atoms with Gasteiger partial charge >= 0.3 is 0 Å². The van der Waals surface area contributed by atoms with Crippen LogP contribution in [0.3, 0.4) is 0 Å². The monoisotopic (exact) mass is 682 g/mol. The van der Waals surface area contributed by atoms with Crippen molar-refractivity contribution in [2.45, 2.75) is 199 Å². The summed E-state index contributed by atoms with van der Waals surface area (Å²) < 4.78 is 0. The largest absolute Gasteiger partial charge is 0.394 e. The van der Waals surface area contributed by atoms with E-state index in [4.69, 9.17) is 0 Å². The Morgan fingerprint density at radius 1 is 0.510 bits per heavy atom. The molecule has 0 aliphatic carbocycles. The zero-order chi connectivity index (χ0) is 35.7. The predicted octanol–water partition coefficient (Wildman–Crippen LogP) is 12.7. The number of allylic oxidation sites excluding steroid dienone is 11. The number of carbonyl (C=O) groups is 1. The summed E-state index contributed by atoms with van der Waals surface area (Å²) >= 11 is 0. The van der Waals surface area contributed by atoms with E-state index >= 15 is 0 Å². The van der Waals surface area contributed by atoms with E-state index in [1.165, 1.54) is 89.9 Å². The lowest BCUT2D eigenvalue weighted by molar-refractivity contribution is -0.123. The molecule has 0 radical (unpaired) electrons. The van der Waals surface area contributed by atoms with E-state index in [0.29, 0.717) is 6.42 Å². The first-order chi connectivity index (χ1) is 24.2. The van der Waals surface area contributed by atoms with Gasteiger partial charge in [-0.3, -0.25) is 4.79 Å². The molecule has 1 amide bonds. The number of carbonyl (C=O) groups excluding carboxylic acids is 1. The van der Waals surface area contributed by atoms with Gasteiger partial charge in [-0.1, -0.05) is 183 Å². The maximum Gasteiger partial charge on any atom is 0.220 e. The molecule has 2 atom stereocenters. The second-order valence-electron chi connectivity index (χ2n) is 13.7. The van der Waals surface area contributed by atoms with Crippen molar-refractivity contribution >= 4 is 5.91 Å². The summed E-state index contributed by atoms with van der Waals surface area (Å²) in [5.74, 6) is -0.100. The summed E-state index contributed by atoms with van der Waals surface area (Å²) in [4.78, 5) is 12.3. The maximum atomic E-state index is 12.3. The molecule has 0 aromatic rings. The number of hydrogen-bond acceptors (Lipinski definition) is 3. The van der Waals surface area contributed by atoms with E-state index in [0.717, 1.165) is 77.0 Å². The Labute approximate surface area is 304 Å². The Bertz CT molecular complexity index is 868. The fourth-order valence-electron chi connectivity index (χ4n) is 5.77. The third-order valence-electron chi connectivity index (χ3n) is 8.92. The first-order valence-corrected chi connectivity index (χ1v) is 20.7. The Hall–Kier alpha value is -2.17. The van der Waals surface area contributed by atoms with Crippen molar-refractivity contribution in [3.8, 4) is 0 Å². The van der Waals surface area contributed by atoms with Gasteiger partial charge in [-0.25, -0.2) is 0 Å². The van der Waals surface area contributed by atoms with E-state index in [-0.39, 0.29) is 12.5 Å². The van der Waals surface area contributed by atoms with E-state index in [1.54, 1.807) is 6.08 Å². The van der Waals surface area contributed by atoms with Crippen LogP contribution in [0.2, 0.25) is 0 Å². The van der Waals surface area contributed by atoms with Crippen LogP contribution in [0.5, 0.6) is 0 Å². The molecule has 0 spiro atoms. The van der Waals surface area contributed by atoms with Crippen LogP contribution < -0.4 is 5.32 Å². The normalized spacial score (nSPS) is 13.8. The van der Waals surface area contributed by atoms with Gasteiger partial charge < -0.3 is 15.5 Å². The highest BCUT2D eigenvalue weighted by Crippen LogP contribution is 2.14. The molecule has 3 N–H and O–H groups in total. The van der Waals surface area contributed by atoms with Gasteiger partial charge in [0, 0.05) is 6.42 Å². The Morgan fingerprint density at radius 2 is 0.918 bits per heavy atom. The van der Waals surface area contributed by atoms with Crippen molar-refractivity contribution < 1.29 is 15.0 Å². The Morgan fingerprint density at radius 3 is 1.43 bits per heavy atom. The summed E-state index contributed by atoms with van der Waals surface area (Å²) in [5.41, 5.74) is 0. The molecule has 0 fully saturated rings. The van der Waals surface area contributed by atoms with Crippen LogP contribution in [0.15, 0.2) is 72.9 Å². The zero-order valence-corrected chi connectivity index (χ0v) is 32.2. The van der Waals surface area contributed by atoms with Gasteiger partial charge in [-0.05, 0) is 70.6 Å². The van der Waals surface area contributed by atoms with Crippen LogP contribution in [0, 0.1) is 0 Å². The first-order valence-electron chi connectivity index (χ1n) is 20.7. The van der Waals surface area contributed by atoms with Gasteiger partial charge in [-0.2, -0.15) is 0 Å². The summed E-state index contributed by atoms with van der Waals surface area (Å²) in [6, 6.07) is -0.655. The maximum absolute atomic E-state index is 12.3. The van der Waals surface area contributed by atoms with Crippen molar-refractivity contribution in [3.05, 3.63) is 72.9 Å². The molecule has 0 rings (SSSR count). The van der Waals surface area contributed by atoms with Crippen molar-refractivity contribution in [2.75, 3.05) is 6.61 Å². The van der Waals surface area contributed by atoms with Gasteiger partial charge in [0.1, 0.15) is 0 Å². The lowest BCUT2D eigenvalue weighted by Crippen LogP contribution is -2.45. The van der Waals surface area contributed by atoms with Gasteiger partial charge in [-0.15, -0.1) is 0 Å². The second kappa shape index (κ2) is 40.3. The predicted molar refractivity (Wildman–Crippen MR) is 216 cm³/mol. The molecule has 4 nitrogen and oxygen atoms in total. The minimum Gasteiger partial charge on any atom is -0.394 e. The molecule has 4 heteroatoms. The minimum atomic E-state index is -0.875. The molecule has 49 heavy (non-hydrogen) atoms. The van der Waals surface area contributed by atoms with Gasteiger partial charge in [0.15, 0.2) is 0 Å². The van der Waals surface area contributed by atoms with Gasteiger partial charge in [0.05, 0.1) is 18.8 Å². The number of nitrogens with one attached hydrogen (secondary N) is 1. The van der Waals surface area contributed by atoms with Crippen molar-refractivity contribution in [2.24, 2.45) is 0 Å². The standard InChI is InChI=1S/C45H79NO3/c1-3-5-7-9-11-13-15-17-19-21-22-23-25-26-28-30-32-34-36-38-40-44(48)43(42-47)46-45(49)41-39-37-35-33-31-29-27-24-20-18-16-14-12-10-8-6-4-2/h6,8,12,14,18,20,27,29-30,32,38,40,43-44,47-48H,3-5,7,9-11,13,15-17,19,21-26,28,31,33-37,39,41-42H2,1-2H3,(H,46,49)/b8-6-,14-12-,20-18-,29-27-,32-30+,40-38+.